The van der Waals surface area contributed by atoms with E-state index in [9.17, 15) is 18.0 Å². The number of benzene rings is 1. The van der Waals surface area contributed by atoms with Gasteiger partial charge in [0.25, 0.3) is 0 Å². The molecule has 0 saturated carbocycles. The fourth-order valence-electron chi connectivity index (χ4n) is 2.40. The predicted molar refractivity (Wildman–Crippen MR) is 76.5 cm³/mol. The molecule has 4 nitrogen and oxygen atoms in total. The molecule has 0 aliphatic rings. The number of alkyl halides is 3. The number of imidazole rings is 1. The van der Waals surface area contributed by atoms with Gasteiger partial charge in [-0.25, -0.2) is 4.79 Å². The first-order valence-corrected chi connectivity index (χ1v) is 6.50. The van der Waals surface area contributed by atoms with Gasteiger partial charge in [-0.2, -0.15) is 13.2 Å². The molecule has 114 valence electrons. The van der Waals surface area contributed by atoms with Crippen LogP contribution < -0.4 is 5.69 Å². The van der Waals surface area contributed by atoms with Crippen LogP contribution in [0.25, 0.3) is 22.3 Å². The Bertz CT molecular complexity index is 922. The highest BCUT2D eigenvalue weighted by molar-refractivity contribution is 5.81. The van der Waals surface area contributed by atoms with Crippen molar-refractivity contribution < 1.29 is 13.2 Å². The van der Waals surface area contributed by atoms with Gasteiger partial charge in [-0.3, -0.25) is 9.55 Å². The Labute approximate surface area is 123 Å². The first-order chi connectivity index (χ1) is 10.3. The number of rotatable bonds is 1. The van der Waals surface area contributed by atoms with Crippen LogP contribution in [0.15, 0.2) is 35.3 Å². The summed E-state index contributed by atoms with van der Waals surface area (Å²) in [5, 5.41) is 0. The Morgan fingerprint density at radius 3 is 2.59 bits per heavy atom. The van der Waals surface area contributed by atoms with Gasteiger partial charge in [0.1, 0.15) is 0 Å². The molecule has 0 aliphatic carbocycles. The molecule has 3 rings (SSSR count). The van der Waals surface area contributed by atoms with Gasteiger partial charge in [0.2, 0.25) is 0 Å². The first-order valence-electron chi connectivity index (χ1n) is 6.50. The number of aryl methyl sites for hydroxylation is 2. The standard InChI is InChI=1S/C15H12F3N3O/c1-8-5-10(15(16,17)18)7-19-13(8)9-3-4-11-12(6-9)21(2)14(22)20-11/h3-7H,1-2H3,(H,20,22). The lowest BCUT2D eigenvalue weighted by molar-refractivity contribution is -0.137. The molecule has 0 fully saturated rings. The highest BCUT2D eigenvalue weighted by Crippen LogP contribution is 2.32. The van der Waals surface area contributed by atoms with Crippen molar-refractivity contribution >= 4 is 11.0 Å². The van der Waals surface area contributed by atoms with Crippen LogP contribution in [0.2, 0.25) is 0 Å². The maximum atomic E-state index is 12.7. The van der Waals surface area contributed by atoms with Gasteiger partial charge in [0, 0.05) is 18.8 Å². The SMILES string of the molecule is Cc1cc(C(F)(F)F)cnc1-c1ccc2[nH]c(=O)n(C)c2c1. The summed E-state index contributed by atoms with van der Waals surface area (Å²) in [7, 11) is 1.62. The monoisotopic (exact) mass is 307 g/mol. The van der Waals surface area contributed by atoms with Crippen molar-refractivity contribution in [3.05, 3.63) is 52.1 Å². The molecule has 2 heterocycles. The van der Waals surface area contributed by atoms with Crippen LogP contribution >= 0.6 is 0 Å². The van der Waals surface area contributed by atoms with Crippen molar-refractivity contribution in [3.63, 3.8) is 0 Å². The van der Waals surface area contributed by atoms with Crippen LogP contribution in [0.1, 0.15) is 11.1 Å². The summed E-state index contributed by atoms with van der Waals surface area (Å²) in [5.41, 5.74) is 1.86. The first kappa shape index (κ1) is 14.4. The summed E-state index contributed by atoms with van der Waals surface area (Å²) < 4.78 is 39.5. The van der Waals surface area contributed by atoms with E-state index in [1.54, 1.807) is 32.2 Å². The van der Waals surface area contributed by atoms with E-state index in [0.29, 0.717) is 27.9 Å². The zero-order valence-electron chi connectivity index (χ0n) is 11.8. The zero-order valence-corrected chi connectivity index (χ0v) is 11.8. The predicted octanol–water partition coefficient (Wildman–Crippen LogP) is 3.26. The second-order valence-corrected chi connectivity index (χ2v) is 5.11. The highest BCUT2D eigenvalue weighted by Gasteiger charge is 2.31. The molecule has 0 bridgehead atoms. The van der Waals surface area contributed by atoms with Gasteiger partial charge < -0.3 is 4.98 Å². The summed E-state index contributed by atoms with van der Waals surface area (Å²) in [6.45, 7) is 1.58. The molecule has 0 aliphatic heterocycles. The minimum absolute atomic E-state index is 0.246. The topological polar surface area (TPSA) is 50.7 Å². The van der Waals surface area contributed by atoms with Crippen LogP contribution in [-0.4, -0.2) is 14.5 Å². The molecule has 0 radical (unpaired) electrons. The van der Waals surface area contributed by atoms with Crippen molar-refractivity contribution in [2.45, 2.75) is 13.1 Å². The number of aromatic amines is 1. The molecule has 1 aromatic carbocycles. The van der Waals surface area contributed by atoms with E-state index in [2.05, 4.69) is 9.97 Å². The molecule has 0 atom stereocenters. The molecule has 0 unspecified atom stereocenters. The van der Waals surface area contributed by atoms with Crippen molar-refractivity contribution in [1.82, 2.24) is 14.5 Å². The maximum absolute atomic E-state index is 12.7. The average Bonchev–Trinajstić information content (AvgIpc) is 2.73. The Hall–Kier alpha value is -2.57. The highest BCUT2D eigenvalue weighted by atomic mass is 19.4. The fourth-order valence-corrected chi connectivity index (χ4v) is 2.40. The van der Waals surface area contributed by atoms with Gasteiger partial charge >= 0.3 is 11.9 Å². The largest absolute Gasteiger partial charge is 0.417 e. The lowest BCUT2D eigenvalue weighted by atomic mass is 10.0. The number of nitrogens with zero attached hydrogens (tertiary/aromatic N) is 2. The summed E-state index contributed by atoms with van der Waals surface area (Å²) >= 11 is 0. The van der Waals surface area contributed by atoms with E-state index in [-0.39, 0.29) is 5.69 Å². The molecule has 1 N–H and O–H groups in total. The third kappa shape index (κ3) is 2.28. The second-order valence-electron chi connectivity index (χ2n) is 5.11. The molecule has 0 amide bonds. The Morgan fingerprint density at radius 2 is 1.95 bits per heavy atom. The fraction of sp³-hybridized carbons (Fsp3) is 0.200. The molecule has 0 spiro atoms. The van der Waals surface area contributed by atoms with Crippen molar-refractivity contribution in [2.75, 3.05) is 0 Å². The van der Waals surface area contributed by atoms with Crippen molar-refractivity contribution in [3.8, 4) is 11.3 Å². The lowest BCUT2D eigenvalue weighted by Gasteiger charge is -2.10. The van der Waals surface area contributed by atoms with E-state index in [1.165, 1.54) is 4.57 Å². The second kappa shape index (κ2) is 4.72. The lowest BCUT2D eigenvalue weighted by Crippen LogP contribution is -2.11. The maximum Gasteiger partial charge on any atom is 0.417 e. The number of hydrogen-bond donors (Lipinski definition) is 1. The van der Waals surface area contributed by atoms with E-state index < -0.39 is 11.7 Å². The number of fused-ring (bicyclic) bond motifs is 1. The number of halogens is 3. The molecule has 22 heavy (non-hydrogen) atoms. The number of nitrogens with one attached hydrogen (secondary N) is 1. The minimum atomic E-state index is -4.41. The van der Waals surface area contributed by atoms with Gasteiger partial charge in [0.05, 0.1) is 22.3 Å². The van der Waals surface area contributed by atoms with Crippen LogP contribution in [0.3, 0.4) is 0 Å². The molecular weight excluding hydrogens is 295 g/mol. The number of hydrogen-bond acceptors (Lipinski definition) is 2. The molecule has 3 aromatic rings. The third-order valence-corrected chi connectivity index (χ3v) is 3.58. The van der Waals surface area contributed by atoms with E-state index in [0.717, 1.165) is 12.3 Å². The summed E-state index contributed by atoms with van der Waals surface area (Å²) in [5.74, 6) is 0. The Morgan fingerprint density at radius 1 is 1.23 bits per heavy atom. The summed E-state index contributed by atoms with van der Waals surface area (Å²) in [6.07, 6.45) is -3.59. The number of pyridine rings is 1. The molecule has 7 heteroatoms. The van der Waals surface area contributed by atoms with E-state index in [4.69, 9.17) is 0 Å². The van der Waals surface area contributed by atoms with E-state index in [1.807, 2.05) is 0 Å². The van der Waals surface area contributed by atoms with Gasteiger partial charge in [-0.05, 0) is 30.7 Å². The minimum Gasteiger partial charge on any atom is -0.306 e. The summed E-state index contributed by atoms with van der Waals surface area (Å²) in [6, 6.07) is 6.24. The van der Waals surface area contributed by atoms with Gasteiger partial charge in [-0.15, -0.1) is 0 Å². The third-order valence-electron chi connectivity index (χ3n) is 3.58. The van der Waals surface area contributed by atoms with Crippen molar-refractivity contribution in [2.24, 2.45) is 7.05 Å². The normalized spacial score (nSPS) is 12.0. The zero-order chi connectivity index (χ0) is 16.1. The van der Waals surface area contributed by atoms with Gasteiger partial charge in [0.15, 0.2) is 0 Å². The smallest absolute Gasteiger partial charge is 0.306 e. The average molecular weight is 307 g/mol. The van der Waals surface area contributed by atoms with Crippen LogP contribution in [0.5, 0.6) is 0 Å². The quantitative estimate of drug-likeness (QED) is 0.750. The Kier molecular flexibility index (Phi) is 3.09. The van der Waals surface area contributed by atoms with Crippen LogP contribution in [0.4, 0.5) is 13.2 Å². The van der Waals surface area contributed by atoms with E-state index >= 15 is 0 Å². The Balaban J connectivity index is 2.15. The molecule has 2 aromatic heterocycles. The molecule has 0 saturated heterocycles. The van der Waals surface area contributed by atoms with Gasteiger partial charge in [-0.1, -0.05) is 6.07 Å². The number of aromatic nitrogens is 3. The molecular formula is C15H12F3N3O. The van der Waals surface area contributed by atoms with Crippen LogP contribution in [-0.2, 0) is 13.2 Å². The van der Waals surface area contributed by atoms with Crippen LogP contribution in [0, 0.1) is 6.92 Å². The van der Waals surface area contributed by atoms with Crippen molar-refractivity contribution in [1.29, 1.82) is 0 Å². The number of H-pyrrole nitrogens is 1. The summed E-state index contributed by atoms with van der Waals surface area (Å²) in [4.78, 5) is 18.2.